The Morgan fingerprint density at radius 2 is 2.24 bits per heavy atom. The third kappa shape index (κ3) is 3.54. The zero-order chi connectivity index (χ0) is 12.3. The van der Waals surface area contributed by atoms with Crippen LogP contribution in [-0.4, -0.2) is 18.5 Å². The first-order chi connectivity index (χ1) is 8.15. The molecule has 2 N–H and O–H groups in total. The fourth-order valence-corrected chi connectivity index (χ4v) is 2.72. The summed E-state index contributed by atoms with van der Waals surface area (Å²) < 4.78 is 0.990. The van der Waals surface area contributed by atoms with Gasteiger partial charge in [0, 0.05) is 10.2 Å². The lowest BCUT2D eigenvalue weighted by Gasteiger charge is -2.22. The van der Waals surface area contributed by atoms with Crippen molar-refractivity contribution in [2.75, 3.05) is 11.9 Å². The number of hydrogen-bond acceptors (Lipinski definition) is 2. The fourth-order valence-electron chi connectivity index (χ4n) is 2.11. The maximum Gasteiger partial charge on any atom is 0.241 e. The molecular weight excluding hydrogens is 280 g/mol. The van der Waals surface area contributed by atoms with Gasteiger partial charge in [0.2, 0.25) is 5.91 Å². The molecule has 0 aliphatic carbocycles. The van der Waals surface area contributed by atoms with Gasteiger partial charge in [0.15, 0.2) is 0 Å². The van der Waals surface area contributed by atoms with E-state index in [2.05, 4.69) is 26.6 Å². The molecule has 3 nitrogen and oxygen atoms in total. The number of amides is 1. The van der Waals surface area contributed by atoms with Crippen LogP contribution in [0, 0.1) is 6.92 Å². The van der Waals surface area contributed by atoms with E-state index >= 15 is 0 Å². The van der Waals surface area contributed by atoms with Crippen molar-refractivity contribution in [2.24, 2.45) is 0 Å². The van der Waals surface area contributed by atoms with E-state index in [9.17, 15) is 4.79 Å². The Hall–Kier alpha value is -0.870. The Morgan fingerprint density at radius 3 is 2.88 bits per heavy atom. The maximum absolute atomic E-state index is 12.0. The molecule has 1 aliphatic heterocycles. The van der Waals surface area contributed by atoms with Crippen molar-refractivity contribution < 1.29 is 4.79 Å². The lowest BCUT2D eigenvalue weighted by atomic mass is 10.0. The number of aryl methyl sites for hydroxylation is 1. The zero-order valence-electron chi connectivity index (χ0n) is 9.92. The van der Waals surface area contributed by atoms with Crippen molar-refractivity contribution in [2.45, 2.75) is 32.2 Å². The highest BCUT2D eigenvalue weighted by Gasteiger charge is 2.20. The Morgan fingerprint density at radius 1 is 1.41 bits per heavy atom. The van der Waals surface area contributed by atoms with Gasteiger partial charge in [-0.1, -0.05) is 22.4 Å². The number of carbonyl (C=O) groups is 1. The monoisotopic (exact) mass is 296 g/mol. The molecule has 92 valence electrons. The van der Waals surface area contributed by atoms with Gasteiger partial charge in [-0.3, -0.25) is 4.79 Å². The lowest BCUT2D eigenvalue weighted by Crippen LogP contribution is -2.43. The highest BCUT2D eigenvalue weighted by Crippen LogP contribution is 2.19. The molecule has 0 saturated carbocycles. The highest BCUT2D eigenvalue weighted by molar-refractivity contribution is 9.10. The van der Waals surface area contributed by atoms with Gasteiger partial charge in [-0.05, 0) is 50.1 Å². The van der Waals surface area contributed by atoms with Crippen LogP contribution < -0.4 is 10.6 Å². The third-order valence-corrected chi connectivity index (χ3v) is 3.39. The van der Waals surface area contributed by atoms with Crippen LogP contribution in [0.2, 0.25) is 0 Å². The normalized spacial score (nSPS) is 20.0. The van der Waals surface area contributed by atoms with Gasteiger partial charge < -0.3 is 10.6 Å². The fraction of sp³-hybridized carbons (Fsp3) is 0.462. The largest absolute Gasteiger partial charge is 0.325 e. The Kier molecular flexibility index (Phi) is 4.18. The van der Waals surface area contributed by atoms with E-state index in [1.165, 1.54) is 6.42 Å². The van der Waals surface area contributed by atoms with Gasteiger partial charge in [-0.15, -0.1) is 0 Å². The van der Waals surface area contributed by atoms with Gasteiger partial charge >= 0.3 is 0 Å². The van der Waals surface area contributed by atoms with Crippen molar-refractivity contribution in [3.8, 4) is 0 Å². The molecular formula is C13H17BrN2O. The van der Waals surface area contributed by atoms with E-state index in [0.29, 0.717) is 0 Å². The number of piperidine rings is 1. The predicted molar refractivity (Wildman–Crippen MR) is 73.2 cm³/mol. The second kappa shape index (κ2) is 5.65. The molecule has 1 aromatic carbocycles. The van der Waals surface area contributed by atoms with Gasteiger partial charge in [0.05, 0.1) is 6.04 Å². The Bertz CT molecular complexity index is 394. The molecule has 1 unspecified atom stereocenters. The molecule has 0 aromatic heterocycles. The average molecular weight is 297 g/mol. The van der Waals surface area contributed by atoms with Crippen LogP contribution in [0.4, 0.5) is 5.69 Å². The summed E-state index contributed by atoms with van der Waals surface area (Å²) in [6.45, 7) is 2.95. The van der Waals surface area contributed by atoms with Gasteiger partial charge in [-0.2, -0.15) is 0 Å². The summed E-state index contributed by atoms with van der Waals surface area (Å²) in [5, 5.41) is 6.21. The van der Waals surface area contributed by atoms with Crippen LogP contribution in [0.5, 0.6) is 0 Å². The number of hydrogen-bond donors (Lipinski definition) is 2. The molecule has 1 atom stereocenters. The average Bonchev–Trinajstić information content (AvgIpc) is 2.28. The molecule has 0 radical (unpaired) electrons. The summed E-state index contributed by atoms with van der Waals surface area (Å²) in [6.07, 6.45) is 3.22. The van der Waals surface area contributed by atoms with Crippen molar-refractivity contribution in [3.05, 3.63) is 28.2 Å². The minimum Gasteiger partial charge on any atom is -0.325 e. The van der Waals surface area contributed by atoms with E-state index in [4.69, 9.17) is 0 Å². The van der Waals surface area contributed by atoms with Crippen LogP contribution in [0.25, 0.3) is 0 Å². The molecule has 2 rings (SSSR count). The lowest BCUT2D eigenvalue weighted by molar-refractivity contribution is -0.118. The number of halogens is 1. The summed E-state index contributed by atoms with van der Waals surface area (Å²) in [6, 6.07) is 5.89. The summed E-state index contributed by atoms with van der Waals surface area (Å²) in [5.41, 5.74) is 1.99. The SMILES string of the molecule is Cc1cc(Br)cc(NC(=O)C2CCCCN2)c1. The van der Waals surface area contributed by atoms with E-state index in [0.717, 1.165) is 35.1 Å². The molecule has 1 saturated heterocycles. The van der Waals surface area contributed by atoms with E-state index in [-0.39, 0.29) is 11.9 Å². The van der Waals surface area contributed by atoms with E-state index < -0.39 is 0 Å². The molecule has 1 heterocycles. The quantitative estimate of drug-likeness (QED) is 0.881. The molecule has 1 aliphatic rings. The number of rotatable bonds is 2. The molecule has 4 heteroatoms. The van der Waals surface area contributed by atoms with Crippen molar-refractivity contribution in [1.82, 2.24) is 5.32 Å². The topological polar surface area (TPSA) is 41.1 Å². The molecule has 0 spiro atoms. The second-order valence-corrected chi connectivity index (χ2v) is 5.42. The van der Waals surface area contributed by atoms with Crippen molar-refractivity contribution in [3.63, 3.8) is 0 Å². The number of anilines is 1. The maximum atomic E-state index is 12.0. The number of nitrogens with one attached hydrogen (secondary N) is 2. The Balaban J connectivity index is 2.01. The minimum atomic E-state index is -0.0389. The van der Waals surface area contributed by atoms with Crippen molar-refractivity contribution in [1.29, 1.82) is 0 Å². The minimum absolute atomic E-state index is 0.0389. The second-order valence-electron chi connectivity index (χ2n) is 4.51. The first kappa shape index (κ1) is 12.6. The molecule has 0 bridgehead atoms. The van der Waals surface area contributed by atoms with Gasteiger partial charge in [0.1, 0.15) is 0 Å². The predicted octanol–water partition coefficient (Wildman–Crippen LogP) is 2.84. The summed E-state index contributed by atoms with van der Waals surface area (Å²) in [4.78, 5) is 12.0. The number of benzene rings is 1. The Labute approximate surface area is 110 Å². The zero-order valence-corrected chi connectivity index (χ0v) is 11.5. The van der Waals surface area contributed by atoms with Gasteiger partial charge in [0.25, 0.3) is 0 Å². The first-order valence-corrected chi connectivity index (χ1v) is 6.76. The summed E-state index contributed by atoms with van der Waals surface area (Å²) in [5.74, 6) is 0.0715. The standard InChI is InChI=1S/C13H17BrN2O/c1-9-6-10(14)8-11(7-9)16-13(17)12-4-2-3-5-15-12/h6-8,12,15H,2-5H2,1H3,(H,16,17). The first-order valence-electron chi connectivity index (χ1n) is 5.96. The summed E-state index contributed by atoms with van der Waals surface area (Å²) in [7, 11) is 0. The van der Waals surface area contributed by atoms with Crippen LogP contribution >= 0.6 is 15.9 Å². The van der Waals surface area contributed by atoms with Crippen LogP contribution in [0.15, 0.2) is 22.7 Å². The smallest absolute Gasteiger partial charge is 0.241 e. The van der Waals surface area contributed by atoms with Crippen LogP contribution in [0.1, 0.15) is 24.8 Å². The third-order valence-electron chi connectivity index (χ3n) is 2.94. The molecule has 17 heavy (non-hydrogen) atoms. The highest BCUT2D eigenvalue weighted by atomic mass is 79.9. The molecule has 1 fully saturated rings. The van der Waals surface area contributed by atoms with Gasteiger partial charge in [-0.25, -0.2) is 0 Å². The van der Waals surface area contributed by atoms with Crippen LogP contribution in [0.3, 0.4) is 0 Å². The van der Waals surface area contributed by atoms with E-state index in [1.54, 1.807) is 0 Å². The number of carbonyl (C=O) groups excluding carboxylic acids is 1. The van der Waals surface area contributed by atoms with Crippen LogP contribution in [-0.2, 0) is 4.79 Å². The van der Waals surface area contributed by atoms with Crippen molar-refractivity contribution >= 4 is 27.5 Å². The summed E-state index contributed by atoms with van der Waals surface area (Å²) >= 11 is 3.43. The molecule has 1 amide bonds. The molecule has 1 aromatic rings. The van der Waals surface area contributed by atoms with E-state index in [1.807, 2.05) is 25.1 Å².